The first-order valence-electron chi connectivity index (χ1n) is 8.10. The third-order valence-corrected chi connectivity index (χ3v) is 4.41. The predicted octanol–water partition coefficient (Wildman–Crippen LogP) is 4.13. The summed E-state index contributed by atoms with van der Waals surface area (Å²) >= 11 is 0. The van der Waals surface area contributed by atoms with Gasteiger partial charge >= 0.3 is 0 Å². The van der Waals surface area contributed by atoms with E-state index in [1.807, 2.05) is 0 Å². The molecule has 112 valence electrons. The summed E-state index contributed by atoms with van der Waals surface area (Å²) < 4.78 is 6.09. The Morgan fingerprint density at radius 1 is 1.10 bits per heavy atom. The van der Waals surface area contributed by atoms with Crippen molar-refractivity contribution in [1.82, 2.24) is 5.32 Å². The maximum absolute atomic E-state index is 6.09. The molecule has 1 N–H and O–H groups in total. The van der Waals surface area contributed by atoms with Crippen molar-refractivity contribution in [3.63, 3.8) is 0 Å². The fourth-order valence-corrected chi connectivity index (χ4v) is 2.89. The second kappa shape index (κ2) is 7.80. The fourth-order valence-electron chi connectivity index (χ4n) is 2.89. The number of hydrogen-bond donors (Lipinski definition) is 1. The molecule has 0 radical (unpaired) electrons. The lowest BCUT2D eigenvalue weighted by molar-refractivity contribution is 0.0113. The number of ether oxygens (including phenoxy) is 1. The molecule has 0 bridgehead atoms. The van der Waals surface area contributed by atoms with E-state index in [9.17, 15) is 0 Å². The molecule has 1 aliphatic rings. The second-order valence-electron chi connectivity index (χ2n) is 6.16. The summed E-state index contributed by atoms with van der Waals surface area (Å²) in [6.45, 7) is 8.47. The zero-order valence-corrected chi connectivity index (χ0v) is 13.2. The van der Waals surface area contributed by atoms with Crippen molar-refractivity contribution >= 4 is 0 Å². The van der Waals surface area contributed by atoms with Gasteiger partial charge < -0.3 is 10.1 Å². The lowest BCUT2D eigenvalue weighted by Gasteiger charge is -2.29. The van der Waals surface area contributed by atoms with E-state index in [1.165, 1.54) is 48.8 Å². The molecule has 20 heavy (non-hydrogen) atoms. The van der Waals surface area contributed by atoms with E-state index in [-0.39, 0.29) is 0 Å². The summed E-state index contributed by atoms with van der Waals surface area (Å²) in [6, 6.07) is 7.36. The Morgan fingerprint density at radius 3 is 2.50 bits per heavy atom. The van der Waals surface area contributed by atoms with Gasteiger partial charge in [0.1, 0.15) is 0 Å². The van der Waals surface area contributed by atoms with Crippen LogP contribution in [0.1, 0.15) is 55.7 Å². The summed E-state index contributed by atoms with van der Waals surface area (Å²) in [5.41, 5.74) is 4.02. The van der Waals surface area contributed by atoms with Crippen LogP contribution in [0.4, 0.5) is 0 Å². The maximum atomic E-state index is 6.09. The van der Waals surface area contributed by atoms with E-state index in [0.717, 1.165) is 19.2 Å². The molecule has 0 saturated heterocycles. The molecule has 0 aromatic heterocycles. The van der Waals surface area contributed by atoms with Crippen LogP contribution in [0.15, 0.2) is 18.2 Å². The van der Waals surface area contributed by atoms with E-state index in [4.69, 9.17) is 4.74 Å². The average Bonchev–Trinajstić information content (AvgIpc) is 2.47. The first kappa shape index (κ1) is 15.5. The first-order chi connectivity index (χ1) is 9.69. The summed E-state index contributed by atoms with van der Waals surface area (Å²) in [4.78, 5) is 0. The molecule has 0 amide bonds. The summed E-state index contributed by atoms with van der Waals surface area (Å²) in [6.07, 6.45) is 6.60. The highest BCUT2D eigenvalue weighted by atomic mass is 16.5. The van der Waals surface area contributed by atoms with E-state index in [1.54, 1.807) is 0 Å². The highest BCUT2D eigenvalue weighted by Crippen LogP contribution is 2.22. The summed E-state index contributed by atoms with van der Waals surface area (Å²) in [5.74, 6) is 0. The van der Waals surface area contributed by atoms with E-state index in [2.05, 4.69) is 44.3 Å². The Balaban J connectivity index is 1.71. The fraction of sp³-hybridized carbons (Fsp3) is 0.667. The van der Waals surface area contributed by atoms with Gasteiger partial charge in [-0.15, -0.1) is 0 Å². The number of aryl methyl sites for hydroxylation is 2. The van der Waals surface area contributed by atoms with E-state index < -0.39 is 0 Å². The molecular weight excluding hydrogens is 246 g/mol. The topological polar surface area (TPSA) is 21.3 Å². The number of benzene rings is 1. The normalized spacial score (nSPS) is 22.9. The maximum Gasteiger partial charge on any atom is 0.0720 e. The molecular formula is C18H29NO. The predicted molar refractivity (Wildman–Crippen MR) is 85.0 cm³/mol. The monoisotopic (exact) mass is 275 g/mol. The van der Waals surface area contributed by atoms with Crippen LogP contribution < -0.4 is 5.32 Å². The van der Waals surface area contributed by atoms with E-state index >= 15 is 0 Å². The highest BCUT2D eigenvalue weighted by molar-refractivity contribution is 5.29. The second-order valence-corrected chi connectivity index (χ2v) is 6.16. The summed E-state index contributed by atoms with van der Waals surface area (Å²) in [5, 5.41) is 3.62. The van der Waals surface area contributed by atoms with Crippen LogP contribution in [-0.2, 0) is 11.3 Å². The molecule has 1 fully saturated rings. The molecule has 0 unspecified atom stereocenters. The molecule has 2 nitrogen and oxygen atoms in total. The smallest absolute Gasteiger partial charge is 0.0720 e. The van der Waals surface area contributed by atoms with Crippen molar-refractivity contribution < 1.29 is 4.74 Å². The summed E-state index contributed by atoms with van der Waals surface area (Å²) in [7, 11) is 0. The van der Waals surface area contributed by atoms with Crippen LogP contribution in [0, 0.1) is 13.8 Å². The van der Waals surface area contributed by atoms with Gasteiger partial charge in [-0.1, -0.05) is 25.1 Å². The van der Waals surface area contributed by atoms with Crippen molar-refractivity contribution in [2.24, 2.45) is 0 Å². The lowest BCUT2D eigenvalue weighted by Crippen LogP contribution is -2.35. The largest absolute Gasteiger partial charge is 0.374 e. The van der Waals surface area contributed by atoms with Gasteiger partial charge in [-0.2, -0.15) is 0 Å². The molecule has 1 aromatic rings. The van der Waals surface area contributed by atoms with Gasteiger partial charge in [-0.05, 0) is 69.2 Å². The van der Waals surface area contributed by atoms with Gasteiger partial charge in [-0.3, -0.25) is 0 Å². The van der Waals surface area contributed by atoms with Gasteiger partial charge in [-0.25, -0.2) is 0 Å². The number of hydrogen-bond acceptors (Lipinski definition) is 2. The van der Waals surface area contributed by atoms with Crippen LogP contribution >= 0.6 is 0 Å². The minimum Gasteiger partial charge on any atom is -0.374 e. The number of rotatable bonds is 6. The van der Waals surface area contributed by atoms with E-state index in [0.29, 0.717) is 6.10 Å². The zero-order chi connectivity index (χ0) is 14.4. The Morgan fingerprint density at radius 2 is 1.85 bits per heavy atom. The molecule has 1 saturated carbocycles. The Bertz CT molecular complexity index is 408. The SMILES string of the molecule is CCCNC1CCC(OCc2ccc(C)c(C)c2)CC1. The van der Waals surface area contributed by atoms with Gasteiger partial charge in [0.05, 0.1) is 12.7 Å². The molecule has 2 heteroatoms. The molecule has 0 heterocycles. The number of nitrogens with one attached hydrogen (secondary N) is 1. The van der Waals surface area contributed by atoms with Gasteiger partial charge in [0.2, 0.25) is 0 Å². The lowest BCUT2D eigenvalue weighted by atomic mass is 9.93. The van der Waals surface area contributed by atoms with Gasteiger partial charge in [0.15, 0.2) is 0 Å². The van der Waals surface area contributed by atoms with Crippen LogP contribution in [0.3, 0.4) is 0 Å². The van der Waals surface area contributed by atoms with Crippen molar-refractivity contribution in [3.05, 3.63) is 34.9 Å². The Hall–Kier alpha value is -0.860. The van der Waals surface area contributed by atoms with Crippen molar-refractivity contribution in [3.8, 4) is 0 Å². The Labute approximate surface area is 123 Å². The standard InChI is InChI=1S/C18H29NO/c1-4-11-19-17-7-9-18(10-8-17)20-13-16-6-5-14(2)15(3)12-16/h5-6,12,17-19H,4,7-11,13H2,1-3H3. The molecule has 0 atom stereocenters. The van der Waals surface area contributed by atoms with Crippen LogP contribution in [0.5, 0.6) is 0 Å². The van der Waals surface area contributed by atoms with Gasteiger partial charge in [0.25, 0.3) is 0 Å². The zero-order valence-electron chi connectivity index (χ0n) is 13.2. The molecule has 1 aliphatic carbocycles. The quantitative estimate of drug-likeness (QED) is 0.843. The minimum atomic E-state index is 0.455. The van der Waals surface area contributed by atoms with Crippen molar-refractivity contribution in [2.75, 3.05) is 6.54 Å². The van der Waals surface area contributed by atoms with Crippen molar-refractivity contribution in [1.29, 1.82) is 0 Å². The van der Waals surface area contributed by atoms with Crippen LogP contribution in [-0.4, -0.2) is 18.7 Å². The molecule has 1 aromatic carbocycles. The highest BCUT2D eigenvalue weighted by Gasteiger charge is 2.20. The first-order valence-corrected chi connectivity index (χ1v) is 8.10. The van der Waals surface area contributed by atoms with Gasteiger partial charge in [0, 0.05) is 6.04 Å². The average molecular weight is 275 g/mol. The molecule has 2 rings (SSSR count). The Kier molecular flexibility index (Phi) is 6.06. The third kappa shape index (κ3) is 4.60. The van der Waals surface area contributed by atoms with Crippen LogP contribution in [0.2, 0.25) is 0 Å². The third-order valence-electron chi connectivity index (χ3n) is 4.41. The molecule has 0 spiro atoms. The minimum absolute atomic E-state index is 0.455. The van der Waals surface area contributed by atoms with Crippen molar-refractivity contribution in [2.45, 2.75) is 71.6 Å². The molecule has 0 aliphatic heterocycles. The van der Waals surface area contributed by atoms with Crippen LogP contribution in [0.25, 0.3) is 0 Å².